The Morgan fingerprint density at radius 2 is 1.69 bits per heavy atom. The van der Waals surface area contributed by atoms with Crippen LogP contribution >= 0.6 is 15.9 Å². The summed E-state index contributed by atoms with van der Waals surface area (Å²) in [6.45, 7) is 0. The lowest BCUT2D eigenvalue weighted by molar-refractivity contribution is -0.116. The number of nitrogens with one attached hydrogen (secondary N) is 1. The lowest BCUT2D eigenvalue weighted by Gasteiger charge is -2.37. The summed E-state index contributed by atoms with van der Waals surface area (Å²) in [6.07, 6.45) is 3.20. The van der Waals surface area contributed by atoms with Gasteiger partial charge in [-0.2, -0.15) is 0 Å². The molecule has 2 atom stereocenters. The van der Waals surface area contributed by atoms with Gasteiger partial charge in [0.1, 0.15) is 0 Å². The maximum Gasteiger partial charge on any atom is 0.162 e. The van der Waals surface area contributed by atoms with Crippen molar-refractivity contribution in [2.45, 2.75) is 24.8 Å². The molecule has 3 aromatic carbocycles. The van der Waals surface area contributed by atoms with E-state index in [4.69, 9.17) is 0 Å². The minimum Gasteiger partial charge on any atom is -0.373 e. The van der Waals surface area contributed by atoms with Crippen molar-refractivity contribution in [3.05, 3.63) is 112 Å². The minimum absolute atomic E-state index is 0.175. The standard InChI is InChI=1S/C28H21BrN2O/c29-22-11-5-4-9-19(22)28-27-21(15-18(16-25(27)32)17-7-2-1-3-8-17)26-20-10-6-14-30-23(20)12-13-24(26)31-28/h1-14,18,28,31H,15-16H2/t18-,28+/m1/s1. The molecule has 0 bridgehead atoms. The highest BCUT2D eigenvalue weighted by atomic mass is 79.9. The van der Waals surface area contributed by atoms with E-state index in [-0.39, 0.29) is 17.7 Å². The number of aromatic nitrogens is 1. The SMILES string of the molecule is O=C1C[C@H](c2ccccc2)CC2=C1[C@H](c1ccccc1Br)Nc1ccc3ncccc3c12. The molecule has 0 fully saturated rings. The Labute approximate surface area is 195 Å². The van der Waals surface area contributed by atoms with Crippen LogP contribution in [0.25, 0.3) is 16.5 Å². The van der Waals surface area contributed by atoms with Gasteiger partial charge in [-0.25, -0.2) is 0 Å². The van der Waals surface area contributed by atoms with Gasteiger partial charge in [-0.15, -0.1) is 0 Å². The second-order valence-corrected chi connectivity index (χ2v) is 9.34. The third-order valence-corrected chi connectivity index (χ3v) is 7.39. The predicted molar refractivity (Wildman–Crippen MR) is 133 cm³/mol. The molecule has 0 radical (unpaired) electrons. The highest BCUT2D eigenvalue weighted by Gasteiger charge is 2.38. The quantitative estimate of drug-likeness (QED) is 0.333. The molecule has 1 N–H and O–H groups in total. The Hall–Kier alpha value is -3.24. The van der Waals surface area contributed by atoms with E-state index in [2.05, 4.69) is 74.8 Å². The van der Waals surface area contributed by atoms with Gasteiger partial charge in [0.15, 0.2) is 5.78 Å². The molecule has 1 aliphatic heterocycles. The summed E-state index contributed by atoms with van der Waals surface area (Å²) in [6, 6.07) is 26.7. The van der Waals surface area contributed by atoms with Gasteiger partial charge in [0, 0.05) is 39.3 Å². The van der Waals surface area contributed by atoms with Gasteiger partial charge in [0.25, 0.3) is 0 Å². The van der Waals surface area contributed by atoms with Gasteiger partial charge in [0.05, 0.1) is 11.6 Å². The molecule has 4 heteroatoms. The molecule has 2 aliphatic rings. The van der Waals surface area contributed by atoms with Crippen molar-refractivity contribution in [3.63, 3.8) is 0 Å². The molecule has 0 saturated heterocycles. The number of carbonyl (C=O) groups excluding carboxylic acids is 1. The van der Waals surface area contributed by atoms with E-state index in [0.717, 1.165) is 49.8 Å². The van der Waals surface area contributed by atoms with Crippen LogP contribution in [0, 0.1) is 0 Å². The van der Waals surface area contributed by atoms with Crippen molar-refractivity contribution in [1.82, 2.24) is 4.98 Å². The molecule has 32 heavy (non-hydrogen) atoms. The molecule has 0 saturated carbocycles. The van der Waals surface area contributed by atoms with Gasteiger partial charge in [-0.1, -0.05) is 70.5 Å². The molecular weight excluding hydrogens is 460 g/mol. The van der Waals surface area contributed by atoms with Crippen LogP contribution in [0.5, 0.6) is 0 Å². The van der Waals surface area contributed by atoms with Crippen LogP contribution in [0.4, 0.5) is 5.69 Å². The van der Waals surface area contributed by atoms with Crippen LogP contribution < -0.4 is 5.32 Å². The second-order valence-electron chi connectivity index (χ2n) is 8.49. The Kier molecular flexibility index (Phi) is 4.69. The molecular formula is C28H21BrN2O. The summed E-state index contributed by atoms with van der Waals surface area (Å²) < 4.78 is 1.01. The summed E-state index contributed by atoms with van der Waals surface area (Å²) in [5.74, 6) is 0.403. The topological polar surface area (TPSA) is 42.0 Å². The average Bonchev–Trinajstić information content (AvgIpc) is 2.84. The number of halogens is 1. The molecule has 2 heterocycles. The van der Waals surface area contributed by atoms with Crippen LogP contribution in [0.2, 0.25) is 0 Å². The predicted octanol–water partition coefficient (Wildman–Crippen LogP) is 7.06. The summed E-state index contributed by atoms with van der Waals surface area (Å²) in [5.41, 5.74) is 7.51. The number of anilines is 1. The van der Waals surface area contributed by atoms with Crippen LogP contribution in [-0.2, 0) is 4.79 Å². The highest BCUT2D eigenvalue weighted by Crippen LogP contribution is 2.51. The normalized spacial score (nSPS) is 20.0. The largest absolute Gasteiger partial charge is 0.373 e. The highest BCUT2D eigenvalue weighted by molar-refractivity contribution is 9.10. The van der Waals surface area contributed by atoms with Crippen molar-refractivity contribution < 1.29 is 4.79 Å². The van der Waals surface area contributed by atoms with Crippen LogP contribution in [-0.4, -0.2) is 10.8 Å². The van der Waals surface area contributed by atoms with E-state index in [9.17, 15) is 4.79 Å². The zero-order valence-corrected chi connectivity index (χ0v) is 19.0. The number of allylic oxidation sites excluding steroid dienone is 1. The molecule has 1 aromatic heterocycles. The number of hydrogen-bond donors (Lipinski definition) is 1. The van der Waals surface area contributed by atoms with E-state index in [1.165, 1.54) is 5.56 Å². The maximum absolute atomic E-state index is 13.7. The second kappa shape index (κ2) is 7.72. The van der Waals surface area contributed by atoms with E-state index in [1.54, 1.807) is 0 Å². The summed E-state index contributed by atoms with van der Waals surface area (Å²) >= 11 is 3.71. The summed E-state index contributed by atoms with van der Waals surface area (Å²) in [5, 5.41) is 4.79. The van der Waals surface area contributed by atoms with E-state index in [0.29, 0.717) is 6.42 Å². The van der Waals surface area contributed by atoms with Crippen LogP contribution in [0.3, 0.4) is 0 Å². The van der Waals surface area contributed by atoms with Crippen LogP contribution in [0.15, 0.2) is 95.1 Å². The molecule has 3 nitrogen and oxygen atoms in total. The van der Waals surface area contributed by atoms with E-state index < -0.39 is 0 Å². The molecule has 0 amide bonds. The third-order valence-electron chi connectivity index (χ3n) is 6.67. The number of hydrogen-bond acceptors (Lipinski definition) is 3. The van der Waals surface area contributed by atoms with Crippen molar-refractivity contribution >= 4 is 43.9 Å². The smallest absolute Gasteiger partial charge is 0.162 e. The maximum atomic E-state index is 13.7. The third kappa shape index (κ3) is 3.09. The first-order valence-electron chi connectivity index (χ1n) is 10.9. The summed E-state index contributed by atoms with van der Waals surface area (Å²) in [7, 11) is 0. The molecule has 156 valence electrons. The van der Waals surface area contributed by atoms with Gasteiger partial charge in [-0.05, 0) is 53.3 Å². The van der Waals surface area contributed by atoms with Crippen molar-refractivity contribution in [3.8, 4) is 0 Å². The average molecular weight is 481 g/mol. The molecule has 6 rings (SSSR count). The number of ketones is 1. The Morgan fingerprint density at radius 3 is 2.53 bits per heavy atom. The van der Waals surface area contributed by atoms with E-state index in [1.807, 2.05) is 36.5 Å². The van der Waals surface area contributed by atoms with Gasteiger partial charge >= 0.3 is 0 Å². The molecule has 4 aromatic rings. The molecule has 0 unspecified atom stereocenters. The number of fused-ring (bicyclic) bond motifs is 4. The Morgan fingerprint density at radius 1 is 0.875 bits per heavy atom. The minimum atomic E-state index is -0.175. The first kappa shape index (κ1) is 19.4. The number of nitrogens with zero attached hydrogens (tertiary/aromatic N) is 1. The fourth-order valence-electron chi connectivity index (χ4n) is 5.23. The van der Waals surface area contributed by atoms with Crippen molar-refractivity contribution in [1.29, 1.82) is 0 Å². The Balaban J connectivity index is 1.60. The Bertz CT molecular complexity index is 1390. The summed E-state index contributed by atoms with van der Waals surface area (Å²) in [4.78, 5) is 18.3. The fraction of sp³-hybridized carbons (Fsp3) is 0.143. The number of Topliss-reactive ketones (excluding diaryl/α,β-unsaturated/α-hetero) is 1. The number of pyridine rings is 1. The first-order valence-corrected chi connectivity index (χ1v) is 11.7. The number of carbonyl (C=O) groups is 1. The molecule has 0 spiro atoms. The zero-order valence-electron chi connectivity index (χ0n) is 17.4. The lowest BCUT2D eigenvalue weighted by atomic mass is 9.72. The van der Waals surface area contributed by atoms with Crippen molar-refractivity contribution in [2.75, 3.05) is 5.32 Å². The number of rotatable bonds is 2. The monoisotopic (exact) mass is 480 g/mol. The van der Waals surface area contributed by atoms with E-state index >= 15 is 0 Å². The van der Waals surface area contributed by atoms with Crippen LogP contribution in [0.1, 0.15) is 41.5 Å². The first-order chi connectivity index (χ1) is 15.7. The fourth-order valence-corrected chi connectivity index (χ4v) is 5.75. The van der Waals surface area contributed by atoms with Gasteiger partial charge < -0.3 is 5.32 Å². The number of benzene rings is 3. The lowest BCUT2D eigenvalue weighted by Crippen LogP contribution is -2.29. The van der Waals surface area contributed by atoms with Gasteiger partial charge in [0.2, 0.25) is 0 Å². The van der Waals surface area contributed by atoms with Crippen molar-refractivity contribution in [2.24, 2.45) is 0 Å². The zero-order chi connectivity index (χ0) is 21.7. The van der Waals surface area contributed by atoms with Gasteiger partial charge in [-0.3, -0.25) is 9.78 Å². The molecule has 1 aliphatic carbocycles.